The number of halogens is 1. The summed E-state index contributed by atoms with van der Waals surface area (Å²) in [6.07, 6.45) is 26.5. The maximum atomic E-state index is 11.1. The second-order valence-electron chi connectivity index (χ2n) is 24.3. The molecule has 5 aromatic carbocycles. The second kappa shape index (κ2) is 40.5. The molecule has 23 heteroatoms. The summed E-state index contributed by atoms with van der Waals surface area (Å²) in [4.78, 5) is 45.4. The normalized spacial score (nSPS) is 19.8. The Kier molecular flexibility index (Phi) is 32.8. The van der Waals surface area contributed by atoms with Crippen LogP contribution in [0.15, 0.2) is 127 Å². The van der Waals surface area contributed by atoms with Gasteiger partial charge in [0, 0.05) is 75.2 Å². The van der Waals surface area contributed by atoms with Gasteiger partial charge in [0.05, 0.1) is 32.7 Å². The molecule has 0 spiro atoms. The van der Waals surface area contributed by atoms with Crippen molar-refractivity contribution in [1.29, 1.82) is 0 Å². The average Bonchev–Trinajstić information content (AvgIpc) is 1.80. The number of ether oxygens (including phenoxy) is 6. The first kappa shape index (κ1) is 78.6. The van der Waals surface area contributed by atoms with Crippen LogP contribution in [0, 0.1) is 17.2 Å². The summed E-state index contributed by atoms with van der Waals surface area (Å²) in [5, 5.41) is 35.9. The van der Waals surface area contributed by atoms with Crippen molar-refractivity contribution < 1.29 is 106 Å². The third kappa shape index (κ3) is 26.4. The van der Waals surface area contributed by atoms with Gasteiger partial charge in [-0.2, -0.15) is 0 Å². The first-order chi connectivity index (χ1) is 46.2. The number of rotatable bonds is 14. The molecule has 0 bridgehead atoms. The van der Waals surface area contributed by atoms with Gasteiger partial charge in [-0.15, -0.1) is 10.2 Å². The number of aliphatic hydroxyl groups is 1. The van der Waals surface area contributed by atoms with Gasteiger partial charge in [0.15, 0.2) is 24.5 Å². The smallest absolute Gasteiger partial charge is 0.508 e. The van der Waals surface area contributed by atoms with Crippen LogP contribution in [0.5, 0.6) is 28.7 Å². The van der Waals surface area contributed by atoms with Crippen molar-refractivity contribution >= 4 is 12.1 Å². The van der Waals surface area contributed by atoms with E-state index in [0.717, 1.165) is 157 Å². The van der Waals surface area contributed by atoms with E-state index in [4.69, 9.17) is 57.3 Å². The van der Waals surface area contributed by atoms with E-state index in [0.29, 0.717) is 42.1 Å². The van der Waals surface area contributed by atoms with Crippen LogP contribution >= 0.6 is 0 Å². The van der Waals surface area contributed by atoms with Gasteiger partial charge < -0.3 is 68.6 Å². The Morgan fingerprint density at radius 3 is 1.59 bits per heavy atom. The molecule has 4 heterocycles. The number of aldehydes is 1. The summed E-state index contributed by atoms with van der Waals surface area (Å²) >= 11 is 0. The average molecular weight is 1350 g/mol. The van der Waals surface area contributed by atoms with Gasteiger partial charge in [-0.25, -0.2) is 28.4 Å². The Labute approximate surface area is 582 Å². The SMILES string of the molecule is C=COC1CCc2cc(OC3CCCCO3)ccc21.CCOCC.O=C1CCc2cc(O)ccc21.O=CCC1CCc2cc(OC3CCCCO3)ccc21.O=c1[nH]cc(CC2CCc3cc(O)ccc32)[nH]1.Oc1ccc2c(c1)CCC2Cc1cnc[nH]1.[CH2+]C(C)O.[Li+].[O-][Cl+3]([O-])([O-])[O-]. The number of nitrogens with one attached hydrogen (secondary N) is 3. The minimum Gasteiger partial charge on any atom is -0.508 e. The molecule has 518 valence electrons. The fourth-order valence-electron chi connectivity index (χ4n) is 12.8. The number of H-pyrrole nitrogens is 3. The molecule has 2 aromatic heterocycles. The number of aliphatic hydroxyl groups excluding tert-OH is 1. The van der Waals surface area contributed by atoms with Crippen LogP contribution in [0.2, 0.25) is 0 Å². The topological polar surface area (TPSA) is 340 Å². The van der Waals surface area contributed by atoms with Crippen molar-refractivity contribution in [3.05, 3.63) is 207 Å². The van der Waals surface area contributed by atoms with E-state index in [2.05, 4.69) is 63.8 Å². The third-order valence-electron chi connectivity index (χ3n) is 17.1. The quantitative estimate of drug-likeness (QED) is 0.0283. The Hall–Kier alpha value is -7.36. The molecule has 2 aliphatic heterocycles. The standard InChI is InChI=1S/2C16H20O3.C13H14N2O2.C13H14N2O.C9H8O2.C4H10O.C3H7O.ClHO4.Li/c1-2-17-15-9-6-12-11-13(7-8-14(12)15)19-16-5-3-4-10-18-16;17-9-8-12-4-5-13-11-14(6-7-15(12)13)19-16-3-1-2-10-18-16;16-11-3-4-12-8(1-2-9(12)6-11)5-10-7-14-13(17)15-10;16-12-3-4-13-9(1-2-10(13)6-12)5-11-7-14-8-15-11;10-7-2-3-8-6(5-7)1-4-9(8)11;1-3-5-4-2;1-3(2)4;2-1(3,4)5;/h2,7-8,11,15-16H,1,3-6,9-10H2;6-7,9,11-12,16H,1-5,8,10H2;3-4,6-8,16H,1-2,5H2,(H2,14,15,17);3-4,6-9,16H,1-2,5H2,(H,14,15);2-3,5,10H,1,4H2;3-4H2,1-2H3;3-4H,1H2,2H3;(H,2,3,4,5);/q;;;;;;+1;;+1/p-1. The Bertz CT molecular complexity index is 3470. The van der Waals surface area contributed by atoms with E-state index < -0.39 is 16.3 Å². The van der Waals surface area contributed by atoms with Gasteiger partial charge in [-0.1, -0.05) is 30.8 Å². The first-order valence-electron chi connectivity index (χ1n) is 33.2. The zero-order valence-corrected chi connectivity index (χ0v) is 56.9. The molecule has 7 aliphatic rings. The first-order valence-corrected chi connectivity index (χ1v) is 34.4. The van der Waals surface area contributed by atoms with Crippen LogP contribution in [-0.4, -0.2) is 97.5 Å². The molecular weight excluding hydrogens is 1260 g/mol. The predicted octanol–water partition coefficient (Wildman–Crippen LogP) is 6.03. The van der Waals surface area contributed by atoms with Crippen molar-refractivity contribution in [2.45, 2.75) is 185 Å². The van der Waals surface area contributed by atoms with Crippen LogP contribution in [0.3, 0.4) is 0 Å². The molecule has 21 nitrogen and oxygen atoms in total. The van der Waals surface area contributed by atoms with Gasteiger partial charge in [-0.05, 0) is 245 Å². The largest absolute Gasteiger partial charge is 1.00 e. The molecular formula is C74H93ClLiN4O17+. The summed E-state index contributed by atoms with van der Waals surface area (Å²) < 4.78 is 67.3. The number of ketones is 1. The fourth-order valence-corrected chi connectivity index (χ4v) is 12.8. The molecule has 0 radical (unpaired) electrons. The van der Waals surface area contributed by atoms with Crippen molar-refractivity contribution in [2.24, 2.45) is 0 Å². The molecule has 14 rings (SSSR count). The molecule has 0 saturated carbocycles. The van der Waals surface area contributed by atoms with Crippen molar-refractivity contribution in [3.8, 4) is 28.7 Å². The Morgan fingerprint density at radius 2 is 1.11 bits per heavy atom. The van der Waals surface area contributed by atoms with Crippen molar-refractivity contribution in [3.63, 3.8) is 0 Å². The van der Waals surface area contributed by atoms with Crippen LogP contribution in [0.1, 0.15) is 193 Å². The number of aromatic nitrogens is 4. The van der Waals surface area contributed by atoms with Gasteiger partial charge in [-0.3, -0.25) is 4.79 Å². The minimum atomic E-state index is -4.94. The summed E-state index contributed by atoms with van der Waals surface area (Å²) in [6.45, 7) is 15.7. The Morgan fingerprint density at radius 1 is 0.639 bits per heavy atom. The number of phenolic OH excluding ortho intramolecular Hbond substituents is 3. The molecule has 5 aliphatic carbocycles. The molecule has 7 aromatic rings. The van der Waals surface area contributed by atoms with E-state index in [9.17, 15) is 24.6 Å². The predicted molar refractivity (Wildman–Crippen MR) is 351 cm³/mol. The van der Waals surface area contributed by atoms with Crippen LogP contribution in [0.25, 0.3) is 0 Å². The number of hydrogen-bond donors (Lipinski definition) is 7. The van der Waals surface area contributed by atoms with Gasteiger partial charge in [0.25, 0.3) is 0 Å². The number of aromatic amines is 3. The number of carbonyl (C=O) groups is 2. The van der Waals surface area contributed by atoms with Crippen LogP contribution < -0.4 is 52.7 Å². The summed E-state index contributed by atoms with van der Waals surface area (Å²) in [5.41, 5.74) is 14.2. The number of hydrogen-bond acceptors (Lipinski definition) is 18. The number of aryl methyl sites for hydroxylation is 5. The second-order valence-corrected chi connectivity index (χ2v) is 25.0. The molecule has 2 fully saturated rings. The number of nitrogens with zero attached hydrogens (tertiary/aromatic N) is 1. The van der Waals surface area contributed by atoms with Gasteiger partial charge >= 0.3 is 24.6 Å². The van der Waals surface area contributed by atoms with E-state index in [-0.39, 0.29) is 54.8 Å². The summed E-state index contributed by atoms with van der Waals surface area (Å²) in [6, 6.07) is 28.7. The number of benzene rings is 5. The number of fused-ring (bicyclic) bond motifs is 5. The Balaban J connectivity index is 0.000000183. The molecule has 0 amide bonds. The van der Waals surface area contributed by atoms with E-state index >= 15 is 0 Å². The number of imidazole rings is 2. The summed E-state index contributed by atoms with van der Waals surface area (Å²) in [5.74, 6) is 4.38. The minimum absolute atomic E-state index is 0. The fraction of sp³-hybridized carbons (Fsp3) is 0.446. The van der Waals surface area contributed by atoms with Crippen molar-refractivity contribution in [2.75, 3.05) is 26.4 Å². The summed E-state index contributed by atoms with van der Waals surface area (Å²) in [7, 11) is -4.94. The molecule has 7 unspecified atom stereocenters. The maximum Gasteiger partial charge on any atom is 1.00 e. The number of phenols is 3. The zero-order chi connectivity index (χ0) is 69.0. The zero-order valence-electron chi connectivity index (χ0n) is 56.2. The molecule has 2 saturated heterocycles. The monoisotopic (exact) mass is 1350 g/mol. The van der Waals surface area contributed by atoms with E-state index in [1.807, 2.05) is 50.4 Å². The molecule has 7 atom stereocenters. The van der Waals surface area contributed by atoms with Crippen molar-refractivity contribution in [1.82, 2.24) is 19.9 Å². The van der Waals surface area contributed by atoms with Crippen LogP contribution in [0.4, 0.5) is 0 Å². The maximum absolute atomic E-state index is 11.1. The number of carbonyl (C=O) groups excluding carboxylic acids is 2. The third-order valence-corrected chi connectivity index (χ3v) is 17.1. The van der Waals surface area contributed by atoms with Gasteiger partial charge in [0.2, 0.25) is 0 Å². The van der Waals surface area contributed by atoms with Crippen LogP contribution in [-0.2, 0) is 68.7 Å². The van der Waals surface area contributed by atoms with E-state index in [1.54, 1.807) is 49.8 Å². The molecule has 7 N–H and O–H groups in total. The van der Waals surface area contributed by atoms with Gasteiger partial charge in [0.1, 0.15) is 41.1 Å². The number of aromatic hydroxyl groups is 3. The number of Topliss-reactive ketones (excluding diaryl/α,β-unsaturated/α-hetero) is 1. The van der Waals surface area contributed by atoms with E-state index in [1.165, 1.54) is 69.3 Å². The molecule has 97 heavy (non-hydrogen) atoms.